The lowest BCUT2D eigenvalue weighted by Crippen LogP contribution is -2.71. The third-order valence-electron chi connectivity index (χ3n) is 9.08. The Hall–Kier alpha value is -2.44. The Labute approximate surface area is 201 Å². The standard InChI is InChI=1S/C28H35N3O3/c1-34-23-7-6-22-16-25-28(33)10-14-30(26(32)15-21-3-2-11-29-18-21)12-8-27(28,24(22)17-23)9-13-31(25)19-20-4-5-20/h2-3,6-7,11,17-18,20,25,33H,4-5,8-10,12-16,19H2,1H3. The number of ether oxygens (including phenoxy) is 1. The van der Waals surface area contributed by atoms with Gasteiger partial charge in [-0.3, -0.25) is 14.7 Å². The van der Waals surface area contributed by atoms with Crippen molar-refractivity contribution < 1.29 is 14.6 Å². The van der Waals surface area contributed by atoms with Gasteiger partial charge in [0, 0.05) is 43.5 Å². The van der Waals surface area contributed by atoms with Crippen LogP contribution in [0.4, 0.5) is 0 Å². The fourth-order valence-corrected chi connectivity index (χ4v) is 7.02. The number of fused-ring (bicyclic) bond motifs is 1. The molecule has 3 unspecified atom stereocenters. The molecule has 2 aromatic rings. The molecule has 6 nitrogen and oxygen atoms in total. The Balaban J connectivity index is 1.35. The van der Waals surface area contributed by atoms with E-state index in [0.29, 0.717) is 25.9 Å². The maximum absolute atomic E-state index is 13.3. The highest BCUT2D eigenvalue weighted by molar-refractivity contribution is 5.78. The minimum atomic E-state index is -0.844. The Morgan fingerprint density at radius 3 is 2.76 bits per heavy atom. The molecule has 3 atom stereocenters. The molecular formula is C28H35N3O3. The highest BCUT2D eigenvalue weighted by atomic mass is 16.5. The first-order valence-corrected chi connectivity index (χ1v) is 12.8. The van der Waals surface area contributed by atoms with Crippen molar-refractivity contribution in [1.82, 2.24) is 14.8 Å². The molecule has 2 aliphatic heterocycles. The number of carbonyl (C=O) groups is 1. The number of piperidine rings is 1. The van der Waals surface area contributed by atoms with Gasteiger partial charge in [-0.15, -0.1) is 0 Å². The molecule has 2 saturated heterocycles. The number of hydrogen-bond acceptors (Lipinski definition) is 5. The Morgan fingerprint density at radius 1 is 1.18 bits per heavy atom. The minimum Gasteiger partial charge on any atom is -0.497 e. The smallest absolute Gasteiger partial charge is 0.227 e. The van der Waals surface area contributed by atoms with Crippen molar-refractivity contribution in [2.24, 2.45) is 5.92 Å². The van der Waals surface area contributed by atoms with Gasteiger partial charge in [0.05, 0.1) is 19.1 Å². The monoisotopic (exact) mass is 461 g/mol. The van der Waals surface area contributed by atoms with Crippen molar-refractivity contribution in [1.29, 1.82) is 0 Å². The molecule has 0 radical (unpaired) electrons. The van der Waals surface area contributed by atoms with Crippen molar-refractivity contribution in [3.63, 3.8) is 0 Å². The highest BCUT2D eigenvalue weighted by Crippen LogP contribution is 2.56. The van der Waals surface area contributed by atoms with Gasteiger partial charge in [-0.1, -0.05) is 12.1 Å². The Kier molecular flexibility index (Phi) is 5.41. The molecule has 180 valence electrons. The zero-order valence-corrected chi connectivity index (χ0v) is 20.1. The summed E-state index contributed by atoms with van der Waals surface area (Å²) in [5, 5.41) is 12.6. The van der Waals surface area contributed by atoms with Crippen molar-refractivity contribution in [2.45, 2.75) is 62.0 Å². The Bertz CT molecular complexity index is 1070. The van der Waals surface area contributed by atoms with Crippen molar-refractivity contribution >= 4 is 5.91 Å². The second-order valence-electron chi connectivity index (χ2n) is 10.9. The summed E-state index contributed by atoms with van der Waals surface area (Å²) in [6.07, 6.45) is 9.71. The second-order valence-corrected chi connectivity index (χ2v) is 10.9. The molecule has 0 spiro atoms. The number of benzene rings is 1. The summed E-state index contributed by atoms with van der Waals surface area (Å²) in [5.41, 5.74) is 2.34. The van der Waals surface area contributed by atoms with Gasteiger partial charge in [0.2, 0.25) is 5.91 Å². The van der Waals surface area contributed by atoms with Crippen LogP contribution in [0.1, 0.15) is 48.8 Å². The van der Waals surface area contributed by atoms with Crippen LogP contribution in [0, 0.1) is 5.92 Å². The fraction of sp³-hybridized carbons (Fsp3) is 0.571. The fourth-order valence-electron chi connectivity index (χ4n) is 7.02. The van der Waals surface area contributed by atoms with Crippen LogP contribution in [0.2, 0.25) is 0 Å². The predicted octanol–water partition coefficient (Wildman–Crippen LogP) is 2.96. The van der Waals surface area contributed by atoms with Gasteiger partial charge >= 0.3 is 0 Å². The van der Waals surface area contributed by atoms with Crippen molar-refractivity contribution in [3.05, 3.63) is 59.4 Å². The number of nitrogens with zero attached hydrogens (tertiary/aromatic N) is 3. The summed E-state index contributed by atoms with van der Waals surface area (Å²) in [7, 11) is 1.71. The van der Waals surface area contributed by atoms with Crippen LogP contribution in [-0.4, -0.2) is 70.7 Å². The van der Waals surface area contributed by atoms with E-state index in [1.54, 1.807) is 19.5 Å². The number of rotatable bonds is 5. The minimum absolute atomic E-state index is 0.108. The van der Waals surface area contributed by atoms with E-state index in [1.807, 2.05) is 17.0 Å². The lowest BCUT2D eigenvalue weighted by Gasteiger charge is -2.61. The molecule has 4 aliphatic rings. The average Bonchev–Trinajstić information content (AvgIpc) is 3.68. The maximum atomic E-state index is 13.3. The van der Waals surface area contributed by atoms with E-state index in [9.17, 15) is 9.90 Å². The van der Waals surface area contributed by atoms with Gasteiger partial charge in [-0.25, -0.2) is 0 Å². The molecule has 1 aromatic carbocycles. The average molecular weight is 462 g/mol. The summed E-state index contributed by atoms with van der Waals surface area (Å²) in [6.45, 7) is 3.39. The molecule has 6 heteroatoms. The van der Waals surface area contributed by atoms with E-state index in [4.69, 9.17) is 4.74 Å². The quantitative estimate of drug-likeness (QED) is 0.742. The third kappa shape index (κ3) is 3.54. The molecule has 1 aromatic heterocycles. The third-order valence-corrected chi connectivity index (χ3v) is 9.08. The molecule has 3 fully saturated rings. The first-order chi connectivity index (χ1) is 16.5. The zero-order valence-electron chi connectivity index (χ0n) is 20.1. The molecule has 6 rings (SSSR count). The predicted molar refractivity (Wildman–Crippen MR) is 130 cm³/mol. The number of hydrogen-bond donors (Lipinski definition) is 1. The first-order valence-electron chi connectivity index (χ1n) is 12.8. The van der Waals surface area contributed by atoms with Gasteiger partial charge in [0.25, 0.3) is 0 Å². The summed E-state index contributed by atoms with van der Waals surface area (Å²) in [4.78, 5) is 22.0. The lowest BCUT2D eigenvalue weighted by molar-refractivity contribution is -0.149. The van der Waals surface area contributed by atoms with Crippen LogP contribution in [0.25, 0.3) is 0 Å². The Morgan fingerprint density at radius 2 is 2.00 bits per heavy atom. The van der Waals surface area contributed by atoms with Crippen LogP contribution >= 0.6 is 0 Å². The van der Waals surface area contributed by atoms with E-state index in [0.717, 1.165) is 49.6 Å². The van der Waals surface area contributed by atoms with E-state index >= 15 is 0 Å². The highest BCUT2D eigenvalue weighted by Gasteiger charge is 2.63. The topological polar surface area (TPSA) is 65.9 Å². The van der Waals surface area contributed by atoms with Crippen molar-refractivity contribution in [3.8, 4) is 5.75 Å². The lowest BCUT2D eigenvalue weighted by atomic mass is 9.52. The van der Waals surface area contributed by atoms with Gasteiger partial charge in [-0.05, 0) is 85.9 Å². The molecule has 3 heterocycles. The van der Waals surface area contributed by atoms with E-state index in [-0.39, 0.29) is 17.4 Å². The number of aromatic nitrogens is 1. The van der Waals surface area contributed by atoms with Gasteiger partial charge < -0.3 is 14.7 Å². The van der Waals surface area contributed by atoms with E-state index in [2.05, 4.69) is 28.1 Å². The number of pyridine rings is 1. The van der Waals surface area contributed by atoms with E-state index in [1.165, 1.54) is 24.0 Å². The summed E-state index contributed by atoms with van der Waals surface area (Å²) in [6, 6.07) is 10.4. The van der Waals surface area contributed by atoms with Crippen LogP contribution in [-0.2, 0) is 23.1 Å². The van der Waals surface area contributed by atoms with Crippen LogP contribution in [0.3, 0.4) is 0 Å². The van der Waals surface area contributed by atoms with Gasteiger partial charge in [0.15, 0.2) is 0 Å². The normalized spacial score (nSPS) is 30.8. The van der Waals surface area contributed by atoms with Crippen LogP contribution in [0.5, 0.6) is 5.75 Å². The molecule has 2 bridgehead atoms. The maximum Gasteiger partial charge on any atom is 0.227 e. The number of carbonyl (C=O) groups excluding carboxylic acids is 1. The number of likely N-dealkylation sites (tertiary alicyclic amines) is 2. The summed E-state index contributed by atoms with van der Waals surface area (Å²) < 4.78 is 5.60. The second kappa shape index (κ2) is 8.35. The number of amides is 1. The SMILES string of the molecule is COc1ccc2c(c1)C13CCN(C(=O)Cc4cccnc4)CCC1(O)C(C2)N(CC1CC1)CC3. The molecule has 2 aliphatic carbocycles. The first kappa shape index (κ1) is 22.1. The summed E-state index contributed by atoms with van der Waals surface area (Å²) in [5.74, 6) is 1.77. The molecule has 1 saturated carbocycles. The molecule has 1 N–H and O–H groups in total. The molecular weight excluding hydrogens is 426 g/mol. The van der Waals surface area contributed by atoms with E-state index < -0.39 is 5.60 Å². The van der Waals surface area contributed by atoms with Crippen molar-refractivity contribution in [2.75, 3.05) is 33.3 Å². The van der Waals surface area contributed by atoms with Crippen LogP contribution < -0.4 is 4.74 Å². The van der Waals surface area contributed by atoms with Gasteiger partial charge in [0.1, 0.15) is 5.75 Å². The van der Waals surface area contributed by atoms with Gasteiger partial charge in [-0.2, -0.15) is 0 Å². The number of methoxy groups -OCH3 is 1. The zero-order chi connectivity index (χ0) is 23.3. The molecule has 34 heavy (non-hydrogen) atoms. The summed E-state index contributed by atoms with van der Waals surface area (Å²) >= 11 is 0. The molecule has 1 amide bonds. The number of aliphatic hydroxyl groups is 1. The van der Waals surface area contributed by atoms with Crippen LogP contribution in [0.15, 0.2) is 42.7 Å². The largest absolute Gasteiger partial charge is 0.497 e.